The monoisotopic (exact) mass is 249 g/mol. The van der Waals surface area contributed by atoms with E-state index in [4.69, 9.17) is 20.2 Å². The van der Waals surface area contributed by atoms with Gasteiger partial charge in [-0.25, -0.2) is 8.42 Å². The van der Waals surface area contributed by atoms with Crippen LogP contribution in [0.2, 0.25) is 0 Å². The third kappa shape index (κ3) is 4.23. The molecule has 0 amide bonds. The summed E-state index contributed by atoms with van der Waals surface area (Å²) in [5.41, 5.74) is 5.57. The summed E-state index contributed by atoms with van der Waals surface area (Å²) in [5, 5.41) is 17.0. The molecule has 0 bridgehead atoms. The van der Waals surface area contributed by atoms with Crippen LogP contribution in [0.4, 0.5) is 0 Å². The summed E-state index contributed by atoms with van der Waals surface area (Å²) in [4.78, 5) is 0. The fourth-order valence-corrected chi connectivity index (χ4v) is 1.93. The molecule has 0 spiro atoms. The Morgan fingerprint density at radius 3 is 2.69 bits per heavy atom. The Bertz CT molecular complexity index is 441. The van der Waals surface area contributed by atoms with Crippen LogP contribution in [0.5, 0.6) is 5.95 Å². The standard InChI is InChI=1S/C7H12BNO6S/c1-16(12,13)4-5(9)6-2-3-7(14-6)15-8(10)11/h2-3,5,10-11H,4,9H2,1H3. The Kier molecular flexibility index (Phi) is 3.97. The Balaban J connectivity index is 2.70. The first-order valence-corrected chi connectivity index (χ1v) is 6.40. The molecule has 1 rings (SSSR count). The topological polar surface area (TPSA) is 123 Å². The summed E-state index contributed by atoms with van der Waals surface area (Å²) in [6.45, 7) is 0. The number of hydrogen-bond acceptors (Lipinski definition) is 7. The number of nitrogens with two attached hydrogens (primary N) is 1. The Labute approximate surface area is 92.9 Å². The second-order valence-electron chi connectivity index (χ2n) is 3.30. The van der Waals surface area contributed by atoms with Crippen molar-refractivity contribution in [2.24, 2.45) is 5.73 Å². The lowest BCUT2D eigenvalue weighted by atomic mass is 10.3. The van der Waals surface area contributed by atoms with Gasteiger partial charge >= 0.3 is 7.32 Å². The lowest BCUT2D eigenvalue weighted by Crippen LogP contribution is -2.21. The highest BCUT2D eigenvalue weighted by Crippen LogP contribution is 2.21. The number of furan rings is 1. The van der Waals surface area contributed by atoms with E-state index in [-0.39, 0.29) is 17.5 Å². The zero-order chi connectivity index (χ0) is 12.3. The van der Waals surface area contributed by atoms with Gasteiger partial charge in [0, 0.05) is 12.3 Å². The fourth-order valence-electron chi connectivity index (χ4n) is 1.11. The van der Waals surface area contributed by atoms with E-state index in [0.717, 1.165) is 6.26 Å². The summed E-state index contributed by atoms with van der Waals surface area (Å²) in [7, 11) is -5.21. The van der Waals surface area contributed by atoms with Crippen LogP contribution in [0.3, 0.4) is 0 Å². The highest BCUT2D eigenvalue weighted by Gasteiger charge is 2.19. The summed E-state index contributed by atoms with van der Waals surface area (Å²) in [6.07, 6.45) is 1.06. The molecule has 1 aromatic rings. The molecule has 0 fully saturated rings. The van der Waals surface area contributed by atoms with E-state index < -0.39 is 23.2 Å². The average molecular weight is 249 g/mol. The van der Waals surface area contributed by atoms with E-state index in [1.807, 2.05) is 0 Å². The zero-order valence-corrected chi connectivity index (χ0v) is 9.35. The first-order valence-electron chi connectivity index (χ1n) is 4.34. The van der Waals surface area contributed by atoms with Crippen LogP contribution in [-0.4, -0.2) is 37.8 Å². The molecule has 0 aliphatic heterocycles. The highest BCUT2D eigenvalue weighted by molar-refractivity contribution is 7.90. The molecule has 4 N–H and O–H groups in total. The van der Waals surface area contributed by atoms with E-state index in [1.54, 1.807) is 0 Å². The van der Waals surface area contributed by atoms with Crippen molar-refractivity contribution in [3.05, 3.63) is 17.9 Å². The smallest absolute Gasteiger partial charge is 0.485 e. The van der Waals surface area contributed by atoms with Gasteiger partial charge in [-0.3, -0.25) is 0 Å². The molecule has 90 valence electrons. The van der Waals surface area contributed by atoms with E-state index in [1.165, 1.54) is 12.1 Å². The van der Waals surface area contributed by atoms with Crippen molar-refractivity contribution in [1.29, 1.82) is 0 Å². The molecule has 9 heteroatoms. The molecule has 0 aliphatic rings. The van der Waals surface area contributed by atoms with Crippen molar-refractivity contribution in [3.63, 3.8) is 0 Å². The maximum absolute atomic E-state index is 11.0. The molecule has 1 aromatic heterocycles. The first kappa shape index (κ1) is 13.0. The predicted octanol–water partition coefficient (Wildman–Crippen LogP) is -1.33. The van der Waals surface area contributed by atoms with E-state index >= 15 is 0 Å². The second kappa shape index (κ2) is 4.87. The van der Waals surface area contributed by atoms with Crippen molar-refractivity contribution in [2.45, 2.75) is 6.04 Å². The average Bonchev–Trinajstić information content (AvgIpc) is 2.48. The van der Waals surface area contributed by atoms with Gasteiger partial charge in [-0.15, -0.1) is 0 Å². The molecule has 0 saturated carbocycles. The van der Waals surface area contributed by atoms with Gasteiger partial charge in [0.05, 0.1) is 11.8 Å². The summed E-state index contributed by atoms with van der Waals surface area (Å²) in [6, 6.07) is 1.91. The van der Waals surface area contributed by atoms with Crippen LogP contribution in [-0.2, 0) is 9.84 Å². The van der Waals surface area contributed by atoms with Gasteiger partial charge in [-0.1, -0.05) is 0 Å². The van der Waals surface area contributed by atoms with Crippen LogP contribution >= 0.6 is 0 Å². The largest absolute Gasteiger partial charge is 0.709 e. The molecular formula is C7H12BNO6S. The molecule has 1 unspecified atom stereocenters. The third-order valence-electron chi connectivity index (χ3n) is 1.67. The van der Waals surface area contributed by atoms with Gasteiger partial charge in [0.25, 0.3) is 5.95 Å². The van der Waals surface area contributed by atoms with Crippen LogP contribution < -0.4 is 10.4 Å². The van der Waals surface area contributed by atoms with E-state index in [0.29, 0.717) is 0 Å². The molecule has 7 nitrogen and oxygen atoms in total. The van der Waals surface area contributed by atoms with Crippen molar-refractivity contribution in [1.82, 2.24) is 0 Å². The maximum Gasteiger partial charge on any atom is 0.709 e. The molecule has 0 aromatic carbocycles. The Hall–Kier alpha value is -1.03. The molecule has 1 heterocycles. The minimum Gasteiger partial charge on any atom is -0.485 e. The second-order valence-corrected chi connectivity index (χ2v) is 5.48. The molecule has 0 saturated heterocycles. The molecule has 1 atom stereocenters. The third-order valence-corrected chi connectivity index (χ3v) is 2.64. The van der Waals surface area contributed by atoms with Crippen LogP contribution in [0.25, 0.3) is 0 Å². The van der Waals surface area contributed by atoms with Gasteiger partial charge in [-0.2, -0.15) is 0 Å². The van der Waals surface area contributed by atoms with Crippen molar-refractivity contribution in [2.75, 3.05) is 12.0 Å². The lowest BCUT2D eigenvalue weighted by molar-refractivity contribution is 0.247. The number of hydrogen-bond donors (Lipinski definition) is 3. The quantitative estimate of drug-likeness (QED) is 0.552. The van der Waals surface area contributed by atoms with Crippen LogP contribution in [0, 0.1) is 0 Å². The number of rotatable bonds is 5. The summed E-state index contributed by atoms with van der Waals surface area (Å²) in [5.74, 6) is -0.211. The van der Waals surface area contributed by atoms with Crippen molar-refractivity contribution >= 4 is 17.2 Å². The summed E-state index contributed by atoms with van der Waals surface area (Å²) >= 11 is 0. The minimum atomic E-state index is -3.21. The van der Waals surface area contributed by atoms with Crippen molar-refractivity contribution in [3.8, 4) is 5.95 Å². The van der Waals surface area contributed by atoms with Crippen molar-refractivity contribution < 1.29 is 27.5 Å². The predicted molar refractivity (Wildman–Crippen MR) is 56.2 cm³/mol. The normalized spacial score (nSPS) is 13.5. The molecule has 0 aliphatic carbocycles. The number of sulfone groups is 1. The summed E-state index contributed by atoms with van der Waals surface area (Å²) < 4.78 is 31.3. The fraction of sp³-hybridized carbons (Fsp3) is 0.429. The SMILES string of the molecule is CS(=O)(=O)CC(N)c1ccc(OB(O)O)o1. The first-order chi connectivity index (χ1) is 7.28. The Morgan fingerprint density at radius 1 is 1.56 bits per heavy atom. The zero-order valence-electron chi connectivity index (χ0n) is 8.53. The minimum absolute atomic E-state index is 0.144. The highest BCUT2D eigenvalue weighted by atomic mass is 32.2. The van der Waals surface area contributed by atoms with Crippen LogP contribution in [0.15, 0.2) is 16.5 Å². The molecule has 0 radical (unpaired) electrons. The van der Waals surface area contributed by atoms with Gasteiger partial charge < -0.3 is 24.9 Å². The Morgan fingerprint density at radius 2 is 2.19 bits per heavy atom. The van der Waals surface area contributed by atoms with Gasteiger partial charge in [0.1, 0.15) is 15.6 Å². The van der Waals surface area contributed by atoms with E-state index in [9.17, 15) is 8.42 Å². The molecular weight excluding hydrogens is 237 g/mol. The van der Waals surface area contributed by atoms with E-state index in [2.05, 4.69) is 4.65 Å². The van der Waals surface area contributed by atoms with Gasteiger partial charge in [0.2, 0.25) is 0 Å². The van der Waals surface area contributed by atoms with Gasteiger partial charge in [0.15, 0.2) is 0 Å². The van der Waals surface area contributed by atoms with Crippen LogP contribution in [0.1, 0.15) is 11.8 Å². The molecule has 16 heavy (non-hydrogen) atoms. The van der Waals surface area contributed by atoms with Gasteiger partial charge in [-0.05, 0) is 6.07 Å². The maximum atomic E-state index is 11.0. The lowest BCUT2D eigenvalue weighted by Gasteiger charge is -2.06.